The second-order valence-electron chi connectivity index (χ2n) is 9.96. The Morgan fingerprint density at radius 1 is 0.643 bits per heavy atom. The molecule has 1 saturated heterocycles. The number of carbonyl (C=O) groups excluding carboxylic acids is 1. The van der Waals surface area contributed by atoms with Crippen LogP contribution in [0.1, 0.15) is 34.3 Å². The zero-order valence-corrected chi connectivity index (χ0v) is 23.0. The van der Waals surface area contributed by atoms with E-state index in [2.05, 4.69) is 77.7 Å². The molecule has 5 rings (SSSR count). The molecule has 4 aromatic rings. The van der Waals surface area contributed by atoms with Crippen LogP contribution in [0.5, 0.6) is 0 Å². The maximum atomic E-state index is 13.3. The smallest absolute Gasteiger partial charge is 0.328 e. The van der Waals surface area contributed by atoms with E-state index in [4.69, 9.17) is 14.9 Å². The third-order valence-corrected chi connectivity index (χ3v) is 6.94. The first kappa shape index (κ1) is 30.0. The van der Waals surface area contributed by atoms with E-state index in [-0.39, 0.29) is 23.9 Å². The average molecular weight is 564 g/mol. The second-order valence-corrected chi connectivity index (χ2v) is 9.96. The Balaban J connectivity index is 0.000000446. The van der Waals surface area contributed by atoms with Crippen LogP contribution in [0, 0.1) is 5.92 Å². The Kier molecular flexibility index (Phi) is 10.8. The molecule has 0 aromatic heterocycles. The van der Waals surface area contributed by atoms with Crippen molar-refractivity contribution in [2.75, 3.05) is 6.54 Å². The number of esters is 1. The van der Waals surface area contributed by atoms with Crippen LogP contribution >= 0.6 is 0 Å². The molecule has 0 radical (unpaired) electrons. The van der Waals surface area contributed by atoms with Gasteiger partial charge >= 0.3 is 17.9 Å². The minimum absolute atomic E-state index is 0.0369. The van der Waals surface area contributed by atoms with Gasteiger partial charge in [-0.3, -0.25) is 9.69 Å². The molecule has 42 heavy (non-hydrogen) atoms. The molecule has 7 nitrogen and oxygen atoms in total. The topological polar surface area (TPSA) is 104 Å². The van der Waals surface area contributed by atoms with E-state index in [1.54, 1.807) is 0 Å². The number of ether oxygens (including phenoxy) is 1. The maximum absolute atomic E-state index is 13.3. The highest BCUT2D eigenvalue weighted by molar-refractivity contribution is 5.89. The summed E-state index contributed by atoms with van der Waals surface area (Å²) in [5, 5.41) is 15.6. The summed E-state index contributed by atoms with van der Waals surface area (Å²) in [5.74, 6) is -2.92. The van der Waals surface area contributed by atoms with Gasteiger partial charge in [0.1, 0.15) is 6.10 Å². The zero-order chi connectivity index (χ0) is 29.7. The van der Waals surface area contributed by atoms with Crippen LogP contribution in [0.3, 0.4) is 0 Å². The molecule has 3 atom stereocenters. The molecule has 0 amide bonds. The Morgan fingerprint density at radius 3 is 1.48 bits per heavy atom. The lowest BCUT2D eigenvalue weighted by molar-refractivity contribution is -0.145. The number of carboxylic acid groups (broad SMARTS) is 2. The number of carbonyl (C=O) groups is 3. The van der Waals surface area contributed by atoms with Crippen molar-refractivity contribution in [2.45, 2.75) is 25.1 Å². The van der Waals surface area contributed by atoms with E-state index in [9.17, 15) is 14.4 Å². The van der Waals surface area contributed by atoms with Gasteiger partial charge < -0.3 is 14.9 Å². The predicted octanol–water partition coefficient (Wildman–Crippen LogP) is 6.10. The van der Waals surface area contributed by atoms with Crippen molar-refractivity contribution in [2.24, 2.45) is 5.92 Å². The summed E-state index contributed by atoms with van der Waals surface area (Å²) >= 11 is 0. The van der Waals surface area contributed by atoms with Gasteiger partial charge in [0.05, 0.1) is 5.92 Å². The predicted molar refractivity (Wildman–Crippen MR) is 159 cm³/mol. The lowest BCUT2D eigenvalue weighted by Crippen LogP contribution is -2.33. The van der Waals surface area contributed by atoms with Crippen LogP contribution in [0.2, 0.25) is 0 Å². The third-order valence-electron chi connectivity index (χ3n) is 6.94. The first-order valence-corrected chi connectivity index (χ1v) is 13.6. The van der Waals surface area contributed by atoms with E-state index >= 15 is 0 Å². The second kappa shape index (κ2) is 15.1. The number of carboxylic acids is 2. The fraction of sp³-hybridized carbons (Fsp3) is 0.171. The summed E-state index contributed by atoms with van der Waals surface area (Å²) in [6, 6.07) is 41.4. The number of aliphatic carboxylic acids is 2. The normalized spacial score (nSPS) is 17.8. The molecule has 214 valence electrons. The highest BCUT2D eigenvalue weighted by atomic mass is 16.6. The molecule has 1 heterocycles. The van der Waals surface area contributed by atoms with Crippen LogP contribution in [0.25, 0.3) is 0 Å². The minimum atomic E-state index is -1.26. The highest BCUT2D eigenvalue weighted by Crippen LogP contribution is 2.46. The summed E-state index contributed by atoms with van der Waals surface area (Å²) in [6.07, 6.45) is 0.835. The van der Waals surface area contributed by atoms with Gasteiger partial charge in [0.2, 0.25) is 0 Å². The average Bonchev–Trinajstić information content (AvgIpc) is 3.33. The Hall–Kier alpha value is -5.01. The van der Waals surface area contributed by atoms with Crippen LogP contribution < -0.4 is 0 Å². The third kappa shape index (κ3) is 8.74. The molecule has 0 spiro atoms. The molecular formula is C35H33NO6. The summed E-state index contributed by atoms with van der Waals surface area (Å²) in [4.78, 5) is 34.8. The van der Waals surface area contributed by atoms with Crippen molar-refractivity contribution in [3.8, 4) is 0 Å². The van der Waals surface area contributed by atoms with E-state index < -0.39 is 11.9 Å². The summed E-state index contributed by atoms with van der Waals surface area (Å²) in [7, 11) is 0. The van der Waals surface area contributed by atoms with Gasteiger partial charge in [-0.25, -0.2) is 9.59 Å². The molecule has 0 unspecified atom stereocenters. The highest BCUT2D eigenvalue weighted by Gasteiger charge is 2.46. The maximum Gasteiger partial charge on any atom is 0.328 e. The van der Waals surface area contributed by atoms with Crippen LogP contribution in [-0.4, -0.2) is 39.6 Å². The van der Waals surface area contributed by atoms with Gasteiger partial charge in [0.25, 0.3) is 0 Å². The van der Waals surface area contributed by atoms with E-state index in [0.717, 1.165) is 24.2 Å². The standard InChI is InChI=1S/C31H29NO2.C4H4O4/c33-31-28(23-32(21-24-13-5-1-6-14-24)22-25-15-7-2-8-16-25)29(26-17-9-3-10-18-26)30(34-31)27-19-11-4-12-20-27;5-3(6)1-2-4(7)8/h1-20,28-30H,21-23H2;1-2H,(H,5,6)(H,7,8)/b;2-1+/t28-,29+,30+;/m0./s1. The van der Waals surface area contributed by atoms with Crippen LogP contribution in [0.4, 0.5) is 0 Å². The first-order valence-electron chi connectivity index (χ1n) is 13.6. The van der Waals surface area contributed by atoms with Crippen LogP contribution in [0.15, 0.2) is 133 Å². The van der Waals surface area contributed by atoms with E-state index in [1.165, 1.54) is 11.1 Å². The number of rotatable bonds is 10. The molecule has 7 heteroatoms. The SMILES string of the molecule is O=C(O)/C=C/C(=O)O.O=C1O[C@H](c2ccccc2)[C@H](c2ccccc2)[C@@H]1CN(Cc1ccccc1)Cc1ccccc1. The molecule has 1 aliphatic rings. The Labute approximate surface area is 245 Å². The molecule has 1 aliphatic heterocycles. The van der Waals surface area contributed by atoms with E-state index in [1.807, 2.05) is 48.5 Å². The molecule has 0 saturated carbocycles. The monoisotopic (exact) mass is 563 g/mol. The Bertz CT molecular complexity index is 1400. The number of nitrogens with zero attached hydrogens (tertiary/aromatic N) is 1. The van der Waals surface area contributed by atoms with Crippen LogP contribution in [-0.2, 0) is 32.2 Å². The van der Waals surface area contributed by atoms with Crippen molar-refractivity contribution in [3.05, 3.63) is 156 Å². The molecule has 1 fully saturated rings. The molecule has 0 bridgehead atoms. The van der Waals surface area contributed by atoms with Gasteiger partial charge in [-0.1, -0.05) is 121 Å². The summed E-state index contributed by atoms with van der Waals surface area (Å²) in [5.41, 5.74) is 4.66. The van der Waals surface area contributed by atoms with Crippen molar-refractivity contribution in [1.29, 1.82) is 0 Å². The van der Waals surface area contributed by atoms with Gasteiger partial charge in [0, 0.05) is 37.7 Å². The van der Waals surface area contributed by atoms with Gasteiger partial charge in [0.15, 0.2) is 0 Å². The van der Waals surface area contributed by atoms with Gasteiger partial charge in [-0.05, 0) is 22.3 Å². The zero-order valence-electron chi connectivity index (χ0n) is 23.0. The molecule has 2 N–H and O–H groups in total. The number of hydrogen-bond donors (Lipinski definition) is 2. The number of cyclic esters (lactones) is 1. The van der Waals surface area contributed by atoms with Crippen molar-refractivity contribution >= 4 is 17.9 Å². The molecule has 4 aromatic carbocycles. The minimum Gasteiger partial charge on any atom is -0.478 e. The van der Waals surface area contributed by atoms with Crippen molar-refractivity contribution < 1.29 is 29.3 Å². The Morgan fingerprint density at radius 2 is 1.05 bits per heavy atom. The number of benzene rings is 4. The largest absolute Gasteiger partial charge is 0.478 e. The van der Waals surface area contributed by atoms with Crippen molar-refractivity contribution in [1.82, 2.24) is 4.90 Å². The first-order chi connectivity index (χ1) is 20.4. The quantitative estimate of drug-likeness (QED) is 0.178. The summed E-state index contributed by atoms with van der Waals surface area (Å²) < 4.78 is 6.06. The summed E-state index contributed by atoms with van der Waals surface area (Å²) in [6.45, 7) is 2.18. The van der Waals surface area contributed by atoms with Gasteiger partial charge in [-0.15, -0.1) is 0 Å². The fourth-order valence-electron chi connectivity index (χ4n) is 5.12. The number of hydrogen-bond acceptors (Lipinski definition) is 5. The lowest BCUT2D eigenvalue weighted by atomic mass is 9.81. The van der Waals surface area contributed by atoms with Gasteiger partial charge in [-0.2, -0.15) is 0 Å². The lowest BCUT2D eigenvalue weighted by Gasteiger charge is -2.28. The van der Waals surface area contributed by atoms with E-state index in [0.29, 0.717) is 18.7 Å². The molecular weight excluding hydrogens is 530 g/mol. The van der Waals surface area contributed by atoms with Crippen molar-refractivity contribution in [3.63, 3.8) is 0 Å². The fourth-order valence-corrected chi connectivity index (χ4v) is 5.12. The molecule has 0 aliphatic carbocycles.